The highest BCUT2D eigenvalue weighted by Gasteiger charge is 2.56. The highest BCUT2D eigenvalue weighted by molar-refractivity contribution is 5.69. The van der Waals surface area contributed by atoms with Crippen LogP contribution in [-0.2, 0) is 61.9 Å². The molecule has 13 heteroatoms. The Hall–Kier alpha value is -3.22. The molecule has 1 saturated heterocycles. The van der Waals surface area contributed by atoms with Crippen molar-refractivity contribution in [3.8, 4) is 0 Å². The summed E-state index contributed by atoms with van der Waals surface area (Å²) >= 11 is 0. The van der Waals surface area contributed by atoms with Crippen molar-refractivity contribution in [1.29, 1.82) is 0 Å². The summed E-state index contributed by atoms with van der Waals surface area (Å²) in [6.07, 6.45) is -9.05. The average Bonchev–Trinajstić information content (AvgIpc) is 2.61. The van der Waals surface area contributed by atoms with Crippen molar-refractivity contribution < 1.29 is 61.9 Å². The minimum atomic E-state index is -1.65. The molecule has 1 aliphatic heterocycles. The summed E-state index contributed by atoms with van der Waals surface area (Å²) in [7, 11) is 0. The van der Waals surface area contributed by atoms with E-state index in [1.54, 1.807) is 0 Å². The Morgan fingerprint density at radius 3 is 1.53 bits per heavy atom. The van der Waals surface area contributed by atoms with Crippen LogP contribution in [0, 0.1) is 0 Å². The first kappa shape index (κ1) is 26.8. The molecule has 0 amide bonds. The zero-order chi connectivity index (χ0) is 24.6. The molecule has 0 aromatic carbocycles. The van der Waals surface area contributed by atoms with Gasteiger partial charge in [0.15, 0.2) is 18.3 Å². The number of carbonyl (C=O) groups excluding carboxylic acids is 6. The van der Waals surface area contributed by atoms with Crippen LogP contribution in [0.3, 0.4) is 0 Å². The Kier molecular flexibility index (Phi) is 10.0. The van der Waals surface area contributed by atoms with Crippen LogP contribution >= 0.6 is 0 Å². The van der Waals surface area contributed by atoms with E-state index in [9.17, 15) is 28.8 Å². The molecule has 1 fully saturated rings. The molecular formula is C19H26O13. The number of rotatable bonds is 8. The summed E-state index contributed by atoms with van der Waals surface area (Å²) in [6.45, 7) is 5.83. The van der Waals surface area contributed by atoms with Crippen molar-refractivity contribution >= 4 is 35.8 Å². The lowest BCUT2D eigenvalue weighted by Crippen LogP contribution is -2.65. The Morgan fingerprint density at radius 2 is 1.09 bits per heavy atom. The number of hydrogen-bond donors (Lipinski definition) is 0. The van der Waals surface area contributed by atoms with Gasteiger partial charge < -0.3 is 33.2 Å². The van der Waals surface area contributed by atoms with Gasteiger partial charge in [-0.1, -0.05) is 0 Å². The smallest absolute Gasteiger partial charge is 0.305 e. The number of ether oxygens (including phenoxy) is 7. The molecule has 0 aliphatic carbocycles. The molecule has 6 atom stereocenters. The Morgan fingerprint density at radius 1 is 0.625 bits per heavy atom. The van der Waals surface area contributed by atoms with Crippen LogP contribution in [0.5, 0.6) is 0 Å². The van der Waals surface area contributed by atoms with Crippen molar-refractivity contribution in [2.75, 3.05) is 6.61 Å². The predicted molar refractivity (Wildman–Crippen MR) is 99.3 cm³/mol. The maximum Gasteiger partial charge on any atom is 0.305 e. The van der Waals surface area contributed by atoms with Gasteiger partial charge in [-0.05, 0) is 0 Å². The number of carbonyl (C=O) groups is 6. The van der Waals surface area contributed by atoms with Crippen molar-refractivity contribution in [3.63, 3.8) is 0 Å². The molecule has 180 valence electrons. The van der Waals surface area contributed by atoms with E-state index in [0.717, 1.165) is 41.5 Å². The first-order valence-corrected chi connectivity index (χ1v) is 9.46. The van der Waals surface area contributed by atoms with Gasteiger partial charge in [-0.2, -0.15) is 0 Å². The molecule has 0 aromatic rings. The zero-order valence-electron chi connectivity index (χ0n) is 18.5. The highest BCUT2D eigenvalue weighted by atomic mass is 16.7. The van der Waals surface area contributed by atoms with Crippen LogP contribution in [0.1, 0.15) is 41.5 Å². The number of esters is 6. The maximum atomic E-state index is 11.8. The molecule has 0 N–H and O–H groups in total. The first-order chi connectivity index (χ1) is 14.8. The second-order valence-electron chi connectivity index (χ2n) is 6.75. The van der Waals surface area contributed by atoms with E-state index >= 15 is 0 Å². The fourth-order valence-corrected chi connectivity index (χ4v) is 2.97. The van der Waals surface area contributed by atoms with Gasteiger partial charge in [-0.15, -0.1) is 0 Å². The largest absolute Gasteiger partial charge is 0.462 e. The van der Waals surface area contributed by atoms with Crippen molar-refractivity contribution in [1.82, 2.24) is 0 Å². The molecule has 1 aliphatic rings. The van der Waals surface area contributed by atoms with Gasteiger partial charge in [0, 0.05) is 41.5 Å². The fraction of sp³-hybridized carbons (Fsp3) is 0.684. The molecule has 0 radical (unpaired) electrons. The van der Waals surface area contributed by atoms with Crippen LogP contribution in [0.4, 0.5) is 0 Å². The molecule has 0 aromatic heterocycles. The standard InChI is InChI=1S/C19H26O13/c1-8(20)26-7-14(27-9(2)21)15-16(28-10(3)22)17(29-11(4)23)18(30-12(5)24)19(32-15)31-13(6)25/h14-19H,7H2,1-6H3/t14-,15-,16-,17+,18+,19+/m1/s1. The van der Waals surface area contributed by atoms with Gasteiger partial charge in [-0.3, -0.25) is 28.8 Å². The summed E-state index contributed by atoms with van der Waals surface area (Å²) in [5.74, 6) is -4.90. The van der Waals surface area contributed by atoms with Crippen molar-refractivity contribution in [2.45, 2.75) is 78.4 Å². The normalized spacial score (nSPS) is 25.5. The van der Waals surface area contributed by atoms with Gasteiger partial charge in [-0.25, -0.2) is 0 Å². The molecule has 32 heavy (non-hydrogen) atoms. The van der Waals surface area contributed by atoms with E-state index in [0.29, 0.717) is 0 Å². The molecular weight excluding hydrogens is 436 g/mol. The van der Waals surface area contributed by atoms with E-state index in [1.165, 1.54) is 0 Å². The average molecular weight is 462 g/mol. The quantitative estimate of drug-likeness (QED) is 0.337. The minimum absolute atomic E-state index is 0.533. The topological polar surface area (TPSA) is 167 Å². The zero-order valence-corrected chi connectivity index (χ0v) is 18.5. The molecule has 0 unspecified atom stereocenters. The van der Waals surface area contributed by atoms with Crippen molar-refractivity contribution in [3.05, 3.63) is 0 Å². The van der Waals surface area contributed by atoms with E-state index in [1.807, 2.05) is 0 Å². The number of hydrogen-bond acceptors (Lipinski definition) is 13. The van der Waals surface area contributed by atoms with E-state index in [-0.39, 0.29) is 0 Å². The Labute approximate surface area is 183 Å². The Balaban J connectivity index is 3.52. The monoisotopic (exact) mass is 462 g/mol. The molecule has 0 bridgehead atoms. The lowest BCUT2D eigenvalue weighted by molar-refractivity contribution is -0.310. The van der Waals surface area contributed by atoms with Crippen LogP contribution in [0.15, 0.2) is 0 Å². The third kappa shape index (κ3) is 8.49. The predicted octanol–water partition coefficient (Wildman–Crippen LogP) is -0.436. The second kappa shape index (κ2) is 12.0. The molecule has 0 spiro atoms. The SMILES string of the molecule is CC(=O)OC[C@@H](OC(C)=O)[C@H]1O[C@H](OC(C)=O)[C@@H](OC(C)=O)[C@@H](OC(C)=O)[C@@H]1OC(C)=O. The second-order valence-corrected chi connectivity index (χ2v) is 6.75. The van der Waals surface area contributed by atoms with Gasteiger partial charge in [0.25, 0.3) is 0 Å². The lowest BCUT2D eigenvalue weighted by atomic mass is 9.94. The van der Waals surface area contributed by atoms with Crippen LogP contribution in [0.25, 0.3) is 0 Å². The minimum Gasteiger partial charge on any atom is -0.462 e. The third-order valence-corrected chi connectivity index (χ3v) is 3.85. The first-order valence-electron chi connectivity index (χ1n) is 9.46. The van der Waals surface area contributed by atoms with E-state index < -0.39 is 79.2 Å². The van der Waals surface area contributed by atoms with Gasteiger partial charge in [0.2, 0.25) is 12.4 Å². The van der Waals surface area contributed by atoms with Crippen LogP contribution in [-0.4, -0.2) is 79.2 Å². The summed E-state index contributed by atoms with van der Waals surface area (Å²) in [5, 5.41) is 0. The molecule has 0 saturated carbocycles. The lowest BCUT2D eigenvalue weighted by Gasteiger charge is -2.45. The Bertz CT molecular complexity index is 732. The fourth-order valence-electron chi connectivity index (χ4n) is 2.97. The molecule has 1 heterocycles. The summed E-state index contributed by atoms with van der Waals surface area (Å²) in [6, 6.07) is 0. The summed E-state index contributed by atoms with van der Waals surface area (Å²) in [5.41, 5.74) is 0. The van der Waals surface area contributed by atoms with Gasteiger partial charge in [0.1, 0.15) is 12.7 Å². The maximum absolute atomic E-state index is 11.8. The third-order valence-electron chi connectivity index (χ3n) is 3.85. The van der Waals surface area contributed by atoms with E-state index in [4.69, 9.17) is 33.2 Å². The van der Waals surface area contributed by atoms with Crippen molar-refractivity contribution in [2.24, 2.45) is 0 Å². The summed E-state index contributed by atoms with van der Waals surface area (Å²) < 4.78 is 36.4. The molecule has 13 nitrogen and oxygen atoms in total. The van der Waals surface area contributed by atoms with Gasteiger partial charge in [0.05, 0.1) is 0 Å². The molecule has 1 rings (SSSR count). The van der Waals surface area contributed by atoms with E-state index in [2.05, 4.69) is 0 Å². The van der Waals surface area contributed by atoms with Gasteiger partial charge >= 0.3 is 35.8 Å². The van der Waals surface area contributed by atoms with Crippen LogP contribution < -0.4 is 0 Å². The summed E-state index contributed by atoms with van der Waals surface area (Å²) in [4.78, 5) is 69.7. The van der Waals surface area contributed by atoms with Crippen LogP contribution in [0.2, 0.25) is 0 Å². The highest BCUT2D eigenvalue weighted by Crippen LogP contribution is 2.32.